The molecule has 2 amide bonds. The van der Waals surface area contributed by atoms with Gasteiger partial charge in [0.05, 0.1) is 19.6 Å². The van der Waals surface area contributed by atoms with Gasteiger partial charge in [-0.15, -0.1) is 0 Å². The number of hydrogen-bond acceptors (Lipinski definition) is 8. The van der Waals surface area contributed by atoms with Crippen molar-refractivity contribution < 1.29 is 38.1 Å². The molecule has 1 unspecified atom stereocenters. The van der Waals surface area contributed by atoms with Gasteiger partial charge in [0.2, 0.25) is 0 Å². The van der Waals surface area contributed by atoms with Gasteiger partial charge in [-0.25, -0.2) is 24.8 Å². The van der Waals surface area contributed by atoms with Crippen LogP contribution in [-0.2, 0) is 28.5 Å². The van der Waals surface area contributed by atoms with Crippen LogP contribution in [0, 0.1) is 35.5 Å². The normalized spacial score (nSPS) is 27.4. The van der Waals surface area contributed by atoms with E-state index < -0.39 is 42.7 Å². The van der Waals surface area contributed by atoms with Crippen molar-refractivity contribution in [2.75, 3.05) is 13.2 Å². The zero-order chi connectivity index (χ0) is 30.0. The van der Waals surface area contributed by atoms with E-state index in [1.54, 1.807) is 13.8 Å². The van der Waals surface area contributed by atoms with Crippen LogP contribution in [0.3, 0.4) is 0 Å². The SMILES string of the molecule is CCOC(=O)CC(C(=O)OCC)N(NC(=O)O[C@H]1C[C@@H](C)CC[C@@H]1C(C)C)C(=O)O[C@H]1C[C@@H](C)CC[C@@H]1C(C)C. The van der Waals surface area contributed by atoms with Crippen molar-refractivity contribution in [2.24, 2.45) is 35.5 Å². The van der Waals surface area contributed by atoms with E-state index >= 15 is 0 Å². The molecule has 0 radical (unpaired) electrons. The smallest absolute Gasteiger partial charge is 0.429 e. The number of hydrazine groups is 1. The van der Waals surface area contributed by atoms with Gasteiger partial charge in [0, 0.05) is 0 Å². The van der Waals surface area contributed by atoms with E-state index in [2.05, 4.69) is 47.0 Å². The molecule has 1 N–H and O–H groups in total. The van der Waals surface area contributed by atoms with E-state index in [9.17, 15) is 19.2 Å². The highest BCUT2D eigenvalue weighted by atomic mass is 16.6. The van der Waals surface area contributed by atoms with Gasteiger partial charge in [0.15, 0.2) is 6.04 Å². The second-order valence-corrected chi connectivity index (χ2v) is 12.3. The van der Waals surface area contributed by atoms with Crippen LogP contribution in [-0.4, -0.2) is 60.6 Å². The molecule has 10 heteroatoms. The van der Waals surface area contributed by atoms with E-state index in [4.69, 9.17) is 18.9 Å². The maximum absolute atomic E-state index is 13.7. The minimum Gasteiger partial charge on any atom is -0.466 e. The fourth-order valence-electron chi connectivity index (χ4n) is 6.10. The Kier molecular flexibility index (Phi) is 13.5. The number of carbonyl (C=O) groups is 4. The van der Waals surface area contributed by atoms with Gasteiger partial charge in [0.1, 0.15) is 12.2 Å². The molecule has 40 heavy (non-hydrogen) atoms. The Bertz CT molecular complexity index is 848. The van der Waals surface area contributed by atoms with Crippen molar-refractivity contribution in [3.05, 3.63) is 0 Å². The maximum Gasteiger partial charge on any atom is 0.429 e. The summed E-state index contributed by atoms with van der Waals surface area (Å²) >= 11 is 0. The minimum absolute atomic E-state index is 0.0249. The first-order chi connectivity index (χ1) is 18.9. The van der Waals surface area contributed by atoms with E-state index in [0.29, 0.717) is 30.6 Å². The third kappa shape index (κ3) is 9.84. The van der Waals surface area contributed by atoms with Crippen molar-refractivity contribution in [1.82, 2.24) is 10.4 Å². The first-order valence-electron chi connectivity index (χ1n) is 15.2. The Hall–Kier alpha value is -2.52. The van der Waals surface area contributed by atoms with Crippen LogP contribution in [0.5, 0.6) is 0 Å². The molecule has 0 spiro atoms. The lowest BCUT2D eigenvalue weighted by atomic mass is 9.75. The zero-order valence-electron chi connectivity index (χ0n) is 25.8. The Morgan fingerprint density at radius 3 is 1.75 bits per heavy atom. The van der Waals surface area contributed by atoms with Gasteiger partial charge in [-0.1, -0.05) is 54.4 Å². The zero-order valence-corrected chi connectivity index (χ0v) is 25.8. The van der Waals surface area contributed by atoms with Gasteiger partial charge in [-0.2, -0.15) is 0 Å². The third-order valence-corrected chi connectivity index (χ3v) is 8.38. The molecule has 2 fully saturated rings. The molecule has 0 aromatic heterocycles. The average Bonchev–Trinajstić information content (AvgIpc) is 2.86. The molecule has 10 nitrogen and oxygen atoms in total. The first-order valence-corrected chi connectivity index (χ1v) is 15.2. The van der Waals surface area contributed by atoms with Gasteiger partial charge in [0.25, 0.3) is 0 Å². The predicted molar refractivity (Wildman–Crippen MR) is 150 cm³/mol. The summed E-state index contributed by atoms with van der Waals surface area (Å²) < 4.78 is 22.1. The predicted octanol–water partition coefficient (Wildman–Crippen LogP) is 5.87. The molecule has 2 rings (SSSR count). The minimum atomic E-state index is -1.48. The van der Waals surface area contributed by atoms with Crippen LogP contribution < -0.4 is 5.43 Å². The van der Waals surface area contributed by atoms with Gasteiger partial charge < -0.3 is 18.9 Å². The molecule has 2 aliphatic carbocycles. The average molecular weight is 569 g/mol. The summed E-state index contributed by atoms with van der Waals surface area (Å²) in [6.45, 7) is 16.0. The molecule has 230 valence electrons. The third-order valence-electron chi connectivity index (χ3n) is 8.38. The number of rotatable bonds is 10. The standard InChI is InChI=1S/C30H52N2O8/c1-9-37-27(33)17-24(28(34)38-10-2)32(30(36)40-26-16-21(8)12-14-23(26)19(5)6)31-29(35)39-25-15-20(7)11-13-22(25)18(3)4/h18-26H,9-17H2,1-8H3,(H,31,35)/t20-,21-,22+,23+,24?,25-,26-/m0/s1. The monoisotopic (exact) mass is 568 g/mol. The Morgan fingerprint density at radius 1 is 0.775 bits per heavy atom. The van der Waals surface area contributed by atoms with Crippen molar-refractivity contribution in [3.8, 4) is 0 Å². The van der Waals surface area contributed by atoms with Crippen molar-refractivity contribution in [1.29, 1.82) is 0 Å². The van der Waals surface area contributed by atoms with Crippen LogP contribution in [0.4, 0.5) is 9.59 Å². The highest BCUT2D eigenvalue weighted by Gasteiger charge is 2.41. The Morgan fingerprint density at radius 2 is 1.27 bits per heavy atom. The molecule has 0 aliphatic heterocycles. The van der Waals surface area contributed by atoms with E-state index in [1.807, 2.05) is 0 Å². The molecule has 2 saturated carbocycles. The molecule has 2 aliphatic rings. The van der Waals surface area contributed by atoms with Crippen LogP contribution in [0.2, 0.25) is 0 Å². The second kappa shape index (κ2) is 16.1. The summed E-state index contributed by atoms with van der Waals surface area (Å²) in [6.07, 6.45) is 2.28. The summed E-state index contributed by atoms with van der Waals surface area (Å²) in [6, 6.07) is -1.48. The summed E-state index contributed by atoms with van der Waals surface area (Å²) in [5.41, 5.74) is 2.46. The van der Waals surface area contributed by atoms with Gasteiger partial charge >= 0.3 is 24.1 Å². The Balaban J connectivity index is 2.34. The molecule has 0 saturated heterocycles. The molecular weight excluding hydrogens is 516 g/mol. The van der Waals surface area contributed by atoms with Crippen molar-refractivity contribution in [3.63, 3.8) is 0 Å². The lowest BCUT2D eigenvalue weighted by Gasteiger charge is -2.39. The van der Waals surface area contributed by atoms with E-state index in [1.165, 1.54) is 0 Å². The summed E-state index contributed by atoms with van der Waals surface area (Å²) in [7, 11) is 0. The summed E-state index contributed by atoms with van der Waals surface area (Å²) in [4.78, 5) is 52.5. The quantitative estimate of drug-likeness (QED) is 0.197. The highest BCUT2D eigenvalue weighted by Crippen LogP contribution is 2.37. The topological polar surface area (TPSA) is 120 Å². The Labute approximate surface area is 240 Å². The lowest BCUT2D eigenvalue weighted by Crippen LogP contribution is -2.58. The second-order valence-electron chi connectivity index (χ2n) is 12.3. The van der Waals surface area contributed by atoms with Crippen LogP contribution in [0.1, 0.15) is 100 Å². The molecular formula is C30H52N2O8. The number of esters is 2. The fraction of sp³-hybridized carbons (Fsp3) is 0.867. The molecule has 7 atom stereocenters. The number of ether oxygens (including phenoxy) is 4. The van der Waals surface area contributed by atoms with Gasteiger partial charge in [-0.05, 0) is 75.0 Å². The highest BCUT2D eigenvalue weighted by molar-refractivity contribution is 5.87. The molecule has 0 aromatic rings. The van der Waals surface area contributed by atoms with Gasteiger partial charge in [-0.3, -0.25) is 4.79 Å². The molecule has 0 heterocycles. The lowest BCUT2D eigenvalue weighted by molar-refractivity contribution is -0.157. The van der Waals surface area contributed by atoms with Crippen molar-refractivity contribution >= 4 is 24.1 Å². The number of carbonyl (C=O) groups excluding carboxylic acids is 4. The number of nitrogens with zero attached hydrogens (tertiary/aromatic N) is 1. The largest absolute Gasteiger partial charge is 0.466 e. The van der Waals surface area contributed by atoms with E-state index in [-0.39, 0.29) is 37.1 Å². The first kappa shape index (κ1) is 33.7. The maximum atomic E-state index is 13.7. The number of amides is 2. The summed E-state index contributed by atoms with van der Waals surface area (Å²) in [5.74, 6) is 0.0975. The number of hydrogen-bond donors (Lipinski definition) is 1. The fourth-order valence-corrected chi connectivity index (χ4v) is 6.10. The molecule has 0 aromatic carbocycles. The van der Waals surface area contributed by atoms with Crippen LogP contribution in [0.25, 0.3) is 0 Å². The van der Waals surface area contributed by atoms with E-state index in [0.717, 1.165) is 30.7 Å². The van der Waals surface area contributed by atoms with Crippen LogP contribution in [0.15, 0.2) is 0 Å². The molecule has 0 bridgehead atoms. The summed E-state index contributed by atoms with van der Waals surface area (Å²) in [5, 5.41) is 0.768. The van der Waals surface area contributed by atoms with Crippen LogP contribution >= 0.6 is 0 Å². The number of nitrogens with one attached hydrogen (secondary N) is 1. The van der Waals surface area contributed by atoms with Crippen molar-refractivity contribution in [2.45, 2.75) is 119 Å².